The van der Waals surface area contributed by atoms with Gasteiger partial charge in [0.1, 0.15) is 6.04 Å². The van der Waals surface area contributed by atoms with Gasteiger partial charge in [0.05, 0.1) is 5.37 Å². The Morgan fingerprint density at radius 2 is 1.90 bits per heavy atom. The lowest BCUT2D eigenvalue weighted by Gasteiger charge is -2.35. The Balaban J connectivity index is 2.16. The number of thioether (sulfide) groups is 1. The lowest BCUT2D eigenvalue weighted by atomic mass is 10.1. The van der Waals surface area contributed by atoms with E-state index < -0.39 is 12.0 Å². The highest BCUT2D eigenvalue weighted by Crippen LogP contribution is 2.45. The second-order valence-corrected chi connectivity index (χ2v) is 7.35. The first-order valence-corrected chi connectivity index (χ1v) is 8.29. The third-order valence-electron chi connectivity index (χ3n) is 4.44. The third kappa shape index (κ3) is 2.90. The summed E-state index contributed by atoms with van der Waals surface area (Å²) < 4.78 is 0. The van der Waals surface area contributed by atoms with Gasteiger partial charge in [0.2, 0.25) is 0 Å². The minimum Gasteiger partial charge on any atom is -0.480 e. The second-order valence-electron chi connectivity index (χ2n) is 6.20. The van der Waals surface area contributed by atoms with Crippen LogP contribution in [0.15, 0.2) is 0 Å². The number of carbonyl (C=O) groups excluding carboxylic acids is 1. The van der Waals surface area contributed by atoms with Crippen LogP contribution >= 0.6 is 11.8 Å². The van der Waals surface area contributed by atoms with Crippen molar-refractivity contribution in [2.24, 2.45) is 11.8 Å². The summed E-state index contributed by atoms with van der Waals surface area (Å²) in [7, 11) is 1.78. The fourth-order valence-corrected chi connectivity index (χ4v) is 4.13. The normalized spacial score (nSPS) is 27.8. The second kappa shape index (κ2) is 5.84. The summed E-state index contributed by atoms with van der Waals surface area (Å²) >= 11 is 1.62. The molecule has 2 aliphatic rings. The number of hydrogen-bond donors (Lipinski definition) is 1. The predicted octanol–water partition coefficient (Wildman–Crippen LogP) is 2.32. The predicted molar refractivity (Wildman–Crippen MR) is 79.7 cm³/mol. The monoisotopic (exact) mass is 300 g/mol. The van der Waals surface area contributed by atoms with Crippen LogP contribution < -0.4 is 0 Å². The van der Waals surface area contributed by atoms with Crippen molar-refractivity contribution in [3.8, 4) is 0 Å². The fourth-order valence-electron chi connectivity index (χ4n) is 2.51. The number of aliphatic carboxylic acids is 1. The van der Waals surface area contributed by atoms with E-state index in [0.717, 1.165) is 12.8 Å². The van der Waals surface area contributed by atoms with E-state index in [4.69, 9.17) is 0 Å². The van der Waals surface area contributed by atoms with Crippen LogP contribution in [0.3, 0.4) is 0 Å². The molecular weight excluding hydrogens is 276 g/mol. The van der Waals surface area contributed by atoms with E-state index in [1.54, 1.807) is 28.6 Å². The van der Waals surface area contributed by atoms with Gasteiger partial charge in [0, 0.05) is 18.8 Å². The number of hydrogen-bond acceptors (Lipinski definition) is 3. The van der Waals surface area contributed by atoms with Gasteiger partial charge in [0.25, 0.3) is 0 Å². The maximum Gasteiger partial charge on any atom is 0.327 e. The van der Waals surface area contributed by atoms with Crippen LogP contribution in [0.2, 0.25) is 0 Å². The van der Waals surface area contributed by atoms with Crippen molar-refractivity contribution < 1.29 is 14.7 Å². The first-order valence-electron chi connectivity index (χ1n) is 7.24. The molecule has 1 heterocycles. The first-order chi connectivity index (χ1) is 9.34. The highest BCUT2D eigenvalue weighted by atomic mass is 32.2. The Labute approximate surface area is 124 Å². The molecule has 3 atom stereocenters. The van der Waals surface area contributed by atoms with Gasteiger partial charge < -0.3 is 10.0 Å². The zero-order chi connectivity index (χ0) is 15.0. The van der Waals surface area contributed by atoms with Crippen molar-refractivity contribution in [2.75, 3.05) is 12.8 Å². The van der Waals surface area contributed by atoms with Crippen LogP contribution in [-0.4, -0.2) is 57.2 Å². The molecule has 0 aromatic rings. The molecule has 1 saturated heterocycles. The molecule has 2 rings (SSSR count). The van der Waals surface area contributed by atoms with Gasteiger partial charge in [0.15, 0.2) is 0 Å². The van der Waals surface area contributed by atoms with Gasteiger partial charge in [-0.25, -0.2) is 9.59 Å². The number of carbonyl (C=O) groups is 2. The molecule has 1 aliphatic carbocycles. The lowest BCUT2D eigenvalue weighted by Crippen LogP contribution is -2.53. The average molecular weight is 300 g/mol. The van der Waals surface area contributed by atoms with Crippen LogP contribution in [-0.2, 0) is 4.79 Å². The number of carboxylic acids is 1. The number of urea groups is 1. The molecule has 6 heteroatoms. The molecule has 2 amide bonds. The average Bonchev–Trinajstić information content (AvgIpc) is 3.14. The van der Waals surface area contributed by atoms with Gasteiger partial charge in [-0.15, -0.1) is 11.8 Å². The number of rotatable bonds is 4. The Kier molecular flexibility index (Phi) is 4.52. The van der Waals surface area contributed by atoms with Crippen molar-refractivity contribution in [1.29, 1.82) is 0 Å². The Morgan fingerprint density at radius 3 is 2.35 bits per heavy atom. The van der Waals surface area contributed by atoms with Crippen molar-refractivity contribution in [3.05, 3.63) is 0 Å². The highest BCUT2D eigenvalue weighted by molar-refractivity contribution is 8.00. The molecule has 1 saturated carbocycles. The van der Waals surface area contributed by atoms with Crippen LogP contribution in [0.1, 0.15) is 33.6 Å². The van der Waals surface area contributed by atoms with Gasteiger partial charge in [-0.1, -0.05) is 13.8 Å². The fraction of sp³-hybridized carbons (Fsp3) is 0.857. The molecule has 1 aliphatic heterocycles. The highest BCUT2D eigenvalue weighted by Gasteiger charge is 2.49. The van der Waals surface area contributed by atoms with E-state index in [-0.39, 0.29) is 17.4 Å². The van der Waals surface area contributed by atoms with E-state index in [9.17, 15) is 14.7 Å². The summed E-state index contributed by atoms with van der Waals surface area (Å²) in [5.41, 5.74) is 0. The summed E-state index contributed by atoms with van der Waals surface area (Å²) in [6.45, 7) is 6.15. The van der Waals surface area contributed by atoms with Crippen molar-refractivity contribution >= 4 is 23.8 Å². The molecule has 0 aromatic heterocycles. The van der Waals surface area contributed by atoms with E-state index in [0.29, 0.717) is 17.6 Å². The summed E-state index contributed by atoms with van der Waals surface area (Å²) in [5.74, 6) is 0.448. The zero-order valence-corrected chi connectivity index (χ0v) is 13.4. The smallest absolute Gasteiger partial charge is 0.327 e. The van der Waals surface area contributed by atoms with Crippen LogP contribution in [0, 0.1) is 11.8 Å². The minimum atomic E-state index is -0.889. The Morgan fingerprint density at radius 1 is 1.30 bits per heavy atom. The van der Waals surface area contributed by atoms with Crippen molar-refractivity contribution in [3.63, 3.8) is 0 Å². The van der Waals surface area contributed by atoms with Crippen LogP contribution in [0.25, 0.3) is 0 Å². The summed E-state index contributed by atoms with van der Waals surface area (Å²) in [6, 6.07) is -0.720. The third-order valence-corrected chi connectivity index (χ3v) is 5.91. The minimum absolute atomic E-state index is 0.0467. The molecule has 0 radical (unpaired) electrons. The molecule has 3 unspecified atom stereocenters. The summed E-state index contributed by atoms with van der Waals surface area (Å²) in [6.07, 6.45) is 2.22. The molecule has 114 valence electrons. The molecule has 0 spiro atoms. The maximum atomic E-state index is 12.7. The molecule has 2 fully saturated rings. The SMILES string of the molecule is CC(C)C(C)N(C)C(=O)N1C(C(=O)O)CSC1C1CC1. The van der Waals surface area contributed by atoms with E-state index in [2.05, 4.69) is 13.8 Å². The quantitative estimate of drug-likeness (QED) is 0.865. The standard InChI is InChI=1S/C14H24N2O3S/c1-8(2)9(3)15(4)14(19)16-11(13(17)18)7-20-12(16)10-5-6-10/h8-12H,5-7H2,1-4H3,(H,17,18). The first kappa shape index (κ1) is 15.5. The van der Waals surface area contributed by atoms with Crippen LogP contribution in [0.4, 0.5) is 4.79 Å². The topological polar surface area (TPSA) is 60.9 Å². The Hall–Kier alpha value is -0.910. The van der Waals surface area contributed by atoms with Gasteiger partial charge in [-0.3, -0.25) is 4.90 Å². The number of amides is 2. The zero-order valence-electron chi connectivity index (χ0n) is 12.6. The number of carboxylic acid groups (broad SMARTS) is 1. The van der Waals surface area contributed by atoms with Gasteiger partial charge in [-0.05, 0) is 31.6 Å². The lowest BCUT2D eigenvalue weighted by molar-refractivity contribution is -0.141. The Bertz CT molecular complexity index is 398. The molecule has 0 bridgehead atoms. The largest absolute Gasteiger partial charge is 0.480 e. The van der Waals surface area contributed by atoms with Gasteiger partial charge in [-0.2, -0.15) is 0 Å². The summed E-state index contributed by atoms with van der Waals surface area (Å²) in [5, 5.41) is 9.40. The van der Waals surface area contributed by atoms with Crippen molar-refractivity contribution in [1.82, 2.24) is 9.80 Å². The molecular formula is C14H24N2O3S. The van der Waals surface area contributed by atoms with E-state index in [1.807, 2.05) is 6.92 Å². The van der Waals surface area contributed by atoms with Gasteiger partial charge >= 0.3 is 12.0 Å². The number of nitrogens with zero attached hydrogens (tertiary/aromatic N) is 2. The van der Waals surface area contributed by atoms with E-state index in [1.165, 1.54) is 0 Å². The summed E-state index contributed by atoms with van der Waals surface area (Å²) in [4.78, 5) is 27.4. The maximum absolute atomic E-state index is 12.7. The molecule has 1 N–H and O–H groups in total. The molecule has 0 aromatic carbocycles. The molecule has 5 nitrogen and oxygen atoms in total. The molecule has 20 heavy (non-hydrogen) atoms. The van der Waals surface area contributed by atoms with E-state index >= 15 is 0 Å². The van der Waals surface area contributed by atoms with Crippen molar-refractivity contribution in [2.45, 2.75) is 51.1 Å². The van der Waals surface area contributed by atoms with Crippen LogP contribution in [0.5, 0.6) is 0 Å².